The predicted molar refractivity (Wildman–Crippen MR) is 93.8 cm³/mol. The van der Waals surface area contributed by atoms with Crippen LogP contribution in [0, 0.1) is 0 Å². The van der Waals surface area contributed by atoms with Gasteiger partial charge < -0.3 is 23.7 Å². The first-order chi connectivity index (χ1) is 13.4. The Balaban J connectivity index is 2.06. The first-order valence-corrected chi connectivity index (χ1v) is 7.94. The molecule has 0 fully saturated rings. The molecule has 2 rings (SSSR count). The highest BCUT2D eigenvalue weighted by Crippen LogP contribution is 2.30. The fourth-order valence-corrected chi connectivity index (χ4v) is 2.30. The number of methoxy groups -OCH3 is 3. The summed E-state index contributed by atoms with van der Waals surface area (Å²) in [5.74, 6) is -0.764. The molecule has 2 aromatic rings. The Kier molecular flexibility index (Phi) is 7.14. The molecule has 0 amide bonds. The molecule has 7 nitrogen and oxygen atoms in total. The summed E-state index contributed by atoms with van der Waals surface area (Å²) in [7, 11) is 4.14. The summed E-state index contributed by atoms with van der Waals surface area (Å²) in [5.41, 5.74) is 0.280. The minimum atomic E-state index is -3.04. The maximum absolute atomic E-state index is 12.3. The van der Waals surface area contributed by atoms with Crippen molar-refractivity contribution < 1.29 is 42.1 Å². The molecule has 9 heteroatoms. The van der Waals surface area contributed by atoms with Gasteiger partial charge in [0.2, 0.25) is 0 Å². The molecule has 0 saturated carbocycles. The van der Waals surface area contributed by atoms with Crippen LogP contribution in [0.5, 0.6) is 23.0 Å². The minimum absolute atomic E-state index is 0.0126. The van der Waals surface area contributed by atoms with Gasteiger partial charge in [-0.15, -0.1) is 0 Å². The molecule has 28 heavy (non-hydrogen) atoms. The molecule has 0 bridgehead atoms. The maximum Gasteiger partial charge on any atom is 0.387 e. The average molecular weight is 396 g/mol. The van der Waals surface area contributed by atoms with Gasteiger partial charge in [0.15, 0.2) is 35.4 Å². The zero-order valence-corrected chi connectivity index (χ0v) is 15.4. The lowest BCUT2D eigenvalue weighted by atomic mass is 10.1. The monoisotopic (exact) mass is 396 g/mol. The van der Waals surface area contributed by atoms with Gasteiger partial charge in [0, 0.05) is 5.56 Å². The van der Waals surface area contributed by atoms with E-state index in [1.54, 1.807) is 6.07 Å². The number of alkyl halides is 2. The molecular weight excluding hydrogens is 378 g/mol. The number of ether oxygens (including phenoxy) is 5. The summed E-state index contributed by atoms with van der Waals surface area (Å²) in [6, 6.07) is 8.09. The quantitative estimate of drug-likeness (QED) is 0.475. The molecule has 2 aromatic carbocycles. The van der Waals surface area contributed by atoms with Gasteiger partial charge in [0.25, 0.3) is 0 Å². The van der Waals surface area contributed by atoms with Crippen LogP contribution in [-0.4, -0.2) is 46.3 Å². The van der Waals surface area contributed by atoms with E-state index in [1.165, 1.54) is 45.6 Å². The summed E-state index contributed by atoms with van der Waals surface area (Å²) in [6.07, 6.45) is 0. The zero-order chi connectivity index (χ0) is 20.7. The van der Waals surface area contributed by atoms with Gasteiger partial charge >= 0.3 is 12.6 Å². The summed E-state index contributed by atoms with van der Waals surface area (Å²) >= 11 is 0. The van der Waals surface area contributed by atoms with Gasteiger partial charge in [-0.05, 0) is 36.4 Å². The van der Waals surface area contributed by atoms with Crippen LogP contribution in [0.4, 0.5) is 8.78 Å². The Morgan fingerprint density at radius 2 is 1.36 bits per heavy atom. The third kappa shape index (κ3) is 5.09. The number of Topliss-reactive ketones (excluding diaryl/α,β-unsaturated/α-hetero) is 1. The fraction of sp³-hybridized carbons (Fsp3) is 0.263. The van der Waals surface area contributed by atoms with Crippen molar-refractivity contribution in [2.75, 3.05) is 27.9 Å². The van der Waals surface area contributed by atoms with Crippen molar-refractivity contribution in [3.63, 3.8) is 0 Å². The number of halogens is 2. The van der Waals surface area contributed by atoms with Crippen molar-refractivity contribution in [3.8, 4) is 23.0 Å². The highest BCUT2D eigenvalue weighted by Gasteiger charge is 2.17. The number of ketones is 1. The Bertz CT molecular complexity index is 852. The number of hydrogen-bond acceptors (Lipinski definition) is 7. The molecule has 0 unspecified atom stereocenters. The van der Waals surface area contributed by atoms with E-state index in [4.69, 9.17) is 18.9 Å². The Hall–Kier alpha value is -3.36. The van der Waals surface area contributed by atoms with Gasteiger partial charge in [0.1, 0.15) is 0 Å². The van der Waals surface area contributed by atoms with Crippen molar-refractivity contribution in [1.82, 2.24) is 0 Å². The third-order valence-electron chi connectivity index (χ3n) is 3.66. The van der Waals surface area contributed by atoms with Crippen LogP contribution in [0.25, 0.3) is 0 Å². The molecular formula is C19H18F2O7. The first-order valence-electron chi connectivity index (χ1n) is 7.94. The number of rotatable bonds is 9. The van der Waals surface area contributed by atoms with E-state index >= 15 is 0 Å². The fourth-order valence-electron chi connectivity index (χ4n) is 2.30. The normalized spacial score (nSPS) is 10.4. The number of hydrogen-bond donors (Lipinski definition) is 0. The molecule has 0 radical (unpaired) electrons. The molecule has 150 valence electrons. The summed E-state index contributed by atoms with van der Waals surface area (Å²) in [5, 5.41) is 0. The Morgan fingerprint density at radius 3 is 1.96 bits per heavy atom. The summed E-state index contributed by atoms with van der Waals surface area (Å²) in [6.45, 7) is -3.56. The van der Waals surface area contributed by atoms with Crippen molar-refractivity contribution in [3.05, 3.63) is 47.5 Å². The van der Waals surface area contributed by atoms with E-state index in [-0.39, 0.29) is 22.6 Å². The van der Waals surface area contributed by atoms with Gasteiger partial charge in [0.05, 0.1) is 26.9 Å². The van der Waals surface area contributed by atoms with Crippen LogP contribution in [-0.2, 0) is 4.74 Å². The molecule has 0 aliphatic carbocycles. The highest BCUT2D eigenvalue weighted by molar-refractivity contribution is 6.00. The van der Waals surface area contributed by atoms with Gasteiger partial charge in [-0.3, -0.25) is 4.79 Å². The SMILES string of the molecule is COc1ccc(C(=O)COC(=O)c2ccc(OC(F)F)c(OC)c2)cc1OC. The van der Waals surface area contributed by atoms with Crippen molar-refractivity contribution in [2.45, 2.75) is 6.61 Å². The van der Waals surface area contributed by atoms with Crippen LogP contribution < -0.4 is 18.9 Å². The number of carbonyl (C=O) groups is 2. The topological polar surface area (TPSA) is 80.3 Å². The second-order valence-electron chi connectivity index (χ2n) is 5.31. The number of carbonyl (C=O) groups excluding carboxylic acids is 2. The molecule has 0 aliphatic rings. The van der Waals surface area contributed by atoms with Gasteiger partial charge in [-0.25, -0.2) is 4.79 Å². The molecule has 0 saturated heterocycles. The average Bonchev–Trinajstić information content (AvgIpc) is 2.70. The lowest BCUT2D eigenvalue weighted by molar-refractivity contribution is -0.0512. The van der Waals surface area contributed by atoms with Gasteiger partial charge in [-0.1, -0.05) is 0 Å². The van der Waals surface area contributed by atoms with Crippen molar-refractivity contribution in [2.24, 2.45) is 0 Å². The molecule has 0 N–H and O–H groups in total. The van der Waals surface area contributed by atoms with Crippen LogP contribution in [0.1, 0.15) is 20.7 Å². The maximum atomic E-state index is 12.3. The lowest BCUT2D eigenvalue weighted by Gasteiger charge is -2.11. The number of benzene rings is 2. The predicted octanol–water partition coefficient (Wildman–Crippen LogP) is 3.35. The van der Waals surface area contributed by atoms with Gasteiger partial charge in [-0.2, -0.15) is 8.78 Å². The molecule has 0 spiro atoms. The summed E-state index contributed by atoms with van der Waals surface area (Å²) in [4.78, 5) is 24.4. The van der Waals surface area contributed by atoms with E-state index < -0.39 is 25.0 Å². The van der Waals surface area contributed by atoms with Crippen LogP contribution in [0.2, 0.25) is 0 Å². The Labute approximate surface area is 159 Å². The summed E-state index contributed by atoms with van der Waals surface area (Å²) < 4.78 is 49.1. The zero-order valence-electron chi connectivity index (χ0n) is 15.4. The largest absolute Gasteiger partial charge is 0.493 e. The van der Waals surface area contributed by atoms with Crippen LogP contribution >= 0.6 is 0 Å². The molecule has 0 aromatic heterocycles. The van der Waals surface area contributed by atoms with Crippen molar-refractivity contribution in [1.29, 1.82) is 0 Å². The molecule has 0 atom stereocenters. The van der Waals surface area contributed by atoms with E-state index in [2.05, 4.69) is 4.74 Å². The van der Waals surface area contributed by atoms with Crippen molar-refractivity contribution >= 4 is 11.8 Å². The Morgan fingerprint density at radius 1 is 0.821 bits per heavy atom. The van der Waals surface area contributed by atoms with E-state index in [1.807, 2.05) is 0 Å². The second-order valence-corrected chi connectivity index (χ2v) is 5.31. The van der Waals surface area contributed by atoms with E-state index in [0.29, 0.717) is 11.5 Å². The van der Waals surface area contributed by atoms with Crippen LogP contribution in [0.3, 0.4) is 0 Å². The highest BCUT2D eigenvalue weighted by atomic mass is 19.3. The molecule has 0 heterocycles. The smallest absolute Gasteiger partial charge is 0.387 e. The first kappa shape index (κ1) is 20.9. The second kappa shape index (κ2) is 9.54. The number of esters is 1. The minimum Gasteiger partial charge on any atom is -0.493 e. The standard InChI is InChI=1S/C19H18F2O7/c1-24-14-6-4-11(8-16(14)25-2)13(22)10-27-18(23)12-5-7-15(28-19(20)21)17(9-12)26-3/h4-9,19H,10H2,1-3H3. The third-order valence-corrected chi connectivity index (χ3v) is 3.66. The van der Waals surface area contributed by atoms with Crippen LogP contribution in [0.15, 0.2) is 36.4 Å². The van der Waals surface area contributed by atoms with E-state index in [9.17, 15) is 18.4 Å². The molecule has 0 aliphatic heterocycles. The lowest BCUT2D eigenvalue weighted by Crippen LogP contribution is -2.14. The van der Waals surface area contributed by atoms with E-state index in [0.717, 1.165) is 6.07 Å².